The van der Waals surface area contributed by atoms with E-state index in [4.69, 9.17) is 10.5 Å². The molecule has 100 valence electrons. The summed E-state index contributed by atoms with van der Waals surface area (Å²) in [5.74, 6) is 0.855. The monoisotopic (exact) mass is 264 g/mol. The molecule has 0 spiro atoms. The maximum absolute atomic E-state index is 5.63. The first-order chi connectivity index (χ1) is 9.81. The molecule has 1 heterocycles. The van der Waals surface area contributed by atoms with E-state index in [0.29, 0.717) is 6.54 Å². The molecule has 3 aromatic rings. The van der Waals surface area contributed by atoms with Gasteiger partial charge in [-0.05, 0) is 35.2 Å². The minimum absolute atomic E-state index is 0.556. The van der Waals surface area contributed by atoms with Crippen molar-refractivity contribution in [2.75, 3.05) is 7.11 Å². The third kappa shape index (κ3) is 2.24. The number of hydrogen-bond acceptors (Lipinski definition) is 3. The topological polar surface area (TPSA) is 48.1 Å². The second kappa shape index (κ2) is 5.31. The van der Waals surface area contributed by atoms with Crippen molar-refractivity contribution in [3.05, 3.63) is 60.3 Å². The zero-order chi connectivity index (χ0) is 13.9. The van der Waals surface area contributed by atoms with Crippen molar-refractivity contribution in [2.24, 2.45) is 5.73 Å². The zero-order valence-electron chi connectivity index (χ0n) is 11.3. The van der Waals surface area contributed by atoms with Crippen molar-refractivity contribution in [1.82, 2.24) is 4.98 Å². The number of benzene rings is 2. The summed E-state index contributed by atoms with van der Waals surface area (Å²) in [4.78, 5) is 4.52. The molecular weight excluding hydrogens is 248 g/mol. The highest BCUT2D eigenvalue weighted by molar-refractivity contribution is 5.95. The van der Waals surface area contributed by atoms with Crippen molar-refractivity contribution >= 4 is 10.8 Å². The Morgan fingerprint density at radius 3 is 2.55 bits per heavy atom. The molecule has 0 aliphatic carbocycles. The predicted octanol–water partition coefficient (Wildman–Crippen LogP) is 3.37. The molecule has 2 N–H and O–H groups in total. The summed E-state index contributed by atoms with van der Waals surface area (Å²) >= 11 is 0. The number of nitrogens with zero attached hydrogens (tertiary/aromatic N) is 1. The Morgan fingerprint density at radius 1 is 1.05 bits per heavy atom. The van der Waals surface area contributed by atoms with Crippen molar-refractivity contribution in [1.29, 1.82) is 0 Å². The van der Waals surface area contributed by atoms with Crippen molar-refractivity contribution in [3.8, 4) is 17.0 Å². The third-order valence-corrected chi connectivity index (χ3v) is 3.43. The van der Waals surface area contributed by atoms with Crippen LogP contribution in [-0.4, -0.2) is 12.1 Å². The van der Waals surface area contributed by atoms with E-state index in [1.54, 1.807) is 7.11 Å². The molecule has 2 aromatic carbocycles. The Hall–Kier alpha value is -2.39. The summed E-state index contributed by atoms with van der Waals surface area (Å²) < 4.78 is 5.26. The highest BCUT2D eigenvalue weighted by Gasteiger charge is 2.06. The highest BCUT2D eigenvalue weighted by Crippen LogP contribution is 2.29. The number of fused-ring (bicyclic) bond motifs is 1. The number of rotatable bonds is 3. The van der Waals surface area contributed by atoms with Gasteiger partial charge in [-0.2, -0.15) is 0 Å². The molecule has 0 unspecified atom stereocenters. The van der Waals surface area contributed by atoms with Gasteiger partial charge in [-0.25, -0.2) is 0 Å². The van der Waals surface area contributed by atoms with E-state index >= 15 is 0 Å². The minimum atomic E-state index is 0.556. The Labute approximate surface area is 118 Å². The second-order valence-electron chi connectivity index (χ2n) is 4.65. The molecule has 0 aliphatic heterocycles. The molecule has 0 aliphatic rings. The maximum atomic E-state index is 5.63. The van der Waals surface area contributed by atoms with Crippen LogP contribution in [-0.2, 0) is 6.54 Å². The molecule has 3 rings (SSSR count). The van der Waals surface area contributed by atoms with Crippen LogP contribution in [0.1, 0.15) is 5.56 Å². The Morgan fingerprint density at radius 2 is 1.85 bits per heavy atom. The van der Waals surface area contributed by atoms with Gasteiger partial charge in [0, 0.05) is 23.7 Å². The van der Waals surface area contributed by atoms with Gasteiger partial charge in [-0.1, -0.05) is 24.3 Å². The van der Waals surface area contributed by atoms with Crippen LogP contribution >= 0.6 is 0 Å². The first kappa shape index (κ1) is 12.6. The summed E-state index contributed by atoms with van der Waals surface area (Å²) in [5.41, 5.74) is 8.83. The summed E-state index contributed by atoms with van der Waals surface area (Å²) in [6.07, 6.45) is 1.83. The van der Waals surface area contributed by atoms with Crippen LogP contribution in [0.4, 0.5) is 0 Å². The lowest BCUT2D eigenvalue weighted by Gasteiger charge is -2.08. The fourth-order valence-corrected chi connectivity index (χ4v) is 2.31. The number of pyridine rings is 1. The molecule has 20 heavy (non-hydrogen) atoms. The van der Waals surface area contributed by atoms with Crippen LogP contribution in [0, 0.1) is 0 Å². The van der Waals surface area contributed by atoms with Gasteiger partial charge in [0.15, 0.2) is 0 Å². The molecule has 3 heteroatoms. The van der Waals surface area contributed by atoms with Gasteiger partial charge in [-0.15, -0.1) is 0 Å². The normalized spacial score (nSPS) is 10.7. The van der Waals surface area contributed by atoms with E-state index in [1.165, 1.54) is 0 Å². The van der Waals surface area contributed by atoms with Gasteiger partial charge < -0.3 is 10.5 Å². The van der Waals surface area contributed by atoms with Crippen molar-refractivity contribution in [2.45, 2.75) is 6.54 Å². The standard InChI is InChI=1S/C17H16N2O/c1-20-15-6-7-16-14(10-15)8-9-19-17(16)13-4-2-12(11-18)3-5-13/h2-10H,11,18H2,1H3. The van der Waals surface area contributed by atoms with Crippen LogP contribution in [0.25, 0.3) is 22.0 Å². The van der Waals surface area contributed by atoms with Crippen LogP contribution in [0.2, 0.25) is 0 Å². The van der Waals surface area contributed by atoms with Crippen LogP contribution < -0.4 is 10.5 Å². The molecule has 3 nitrogen and oxygen atoms in total. The predicted molar refractivity (Wildman–Crippen MR) is 81.6 cm³/mol. The van der Waals surface area contributed by atoms with Crippen LogP contribution in [0.3, 0.4) is 0 Å². The summed E-state index contributed by atoms with van der Waals surface area (Å²) in [6, 6.07) is 16.2. The number of nitrogens with two attached hydrogens (primary N) is 1. The maximum Gasteiger partial charge on any atom is 0.119 e. The lowest BCUT2D eigenvalue weighted by molar-refractivity contribution is 0.415. The van der Waals surface area contributed by atoms with Crippen LogP contribution in [0.5, 0.6) is 5.75 Å². The summed E-state index contributed by atoms with van der Waals surface area (Å²) in [7, 11) is 1.68. The van der Waals surface area contributed by atoms with Crippen molar-refractivity contribution in [3.63, 3.8) is 0 Å². The second-order valence-corrected chi connectivity index (χ2v) is 4.65. The largest absolute Gasteiger partial charge is 0.497 e. The average molecular weight is 264 g/mol. The summed E-state index contributed by atoms with van der Waals surface area (Å²) in [5, 5.41) is 2.24. The van der Waals surface area contributed by atoms with Gasteiger partial charge in [-0.3, -0.25) is 4.98 Å². The van der Waals surface area contributed by atoms with E-state index in [2.05, 4.69) is 17.1 Å². The minimum Gasteiger partial charge on any atom is -0.497 e. The van der Waals surface area contributed by atoms with E-state index in [-0.39, 0.29) is 0 Å². The van der Waals surface area contributed by atoms with E-state index < -0.39 is 0 Å². The SMILES string of the molecule is COc1ccc2c(-c3ccc(CN)cc3)nccc2c1. The van der Waals surface area contributed by atoms with Gasteiger partial charge in [0.2, 0.25) is 0 Å². The molecule has 0 saturated heterocycles. The quantitative estimate of drug-likeness (QED) is 0.789. The summed E-state index contributed by atoms with van der Waals surface area (Å²) in [6.45, 7) is 0.556. The molecule has 1 aromatic heterocycles. The molecule has 0 amide bonds. The van der Waals surface area contributed by atoms with E-state index in [1.807, 2.05) is 42.6 Å². The third-order valence-electron chi connectivity index (χ3n) is 3.43. The molecule has 0 bridgehead atoms. The van der Waals surface area contributed by atoms with Gasteiger partial charge in [0.05, 0.1) is 12.8 Å². The highest BCUT2D eigenvalue weighted by atomic mass is 16.5. The molecular formula is C17H16N2O. The Bertz CT molecular complexity index is 736. The average Bonchev–Trinajstić information content (AvgIpc) is 2.54. The lowest BCUT2D eigenvalue weighted by atomic mass is 10.0. The van der Waals surface area contributed by atoms with Gasteiger partial charge in [0.25, 0.3) is 0 Å². The first-order valence-corrected chi connectivity index (χ1v) is 6.54. The van der Waals surface area contributed by atoms with Gasteiger partial charge >= 0.3 is 0 Å². The van der Waals surface area contributed by atoms with Gasteiger partial charge in [0.1, 0.15) is 5.75 Å². The molecule has 0 saturated carbocycles. The first-order valence-electron chi connectivity index (χ1n) is 6.54. The fraction of sp³-hybridized carbons (Fsp3) is 0.118. The van der Waals surface area contributed by atoms with Crippen LogP contribution in [0.15, 0.2) is 54.7 Å². The molecule has 0 radical (unpaired) electrons. The van der Waals surface area contributed by atoms with E-state index in [0.717, 1.165) is 33.3 Å². The van der Waals surface area contributed by atoms with E-state index in [9.17, 15) is 0 Å². The number of aromatic nitrogens is 1. The smallest absolute Gasteiger partial charge is 0.119 e. The molecule has 0 atom stereocenters. The van der Waals surface area contributed by atoms with Crippen molar-refractivity contribution < 1.29 is 4.74 Å². The lowest BCUT2D eigenvalue weighted by Crippen LogP contribution is -1.95. The fourth-order valence-electron chi connectivity index (χ4n) is 2.31. The Kier molecular flexibility index (Phi) is 3.35. The number of methoxy groups -OCH3 is 1. The number of hydrogen-bond donors (Lipinski definition) is 1. The zero-order valence-corrected chi connectivity index (χ0v) is 11.3. The number of ether oxygens (including phenoxy) is 1. The molecule has 0 fully saturated rings. The Balaban J connectivity index is 2.14.